The number of carbonyl (C=O) groups is 2. The van der Waals surface area contributed by atoms with Gasteiger partial charge in [0.15, 0.2) is 4.34 Å². The number of hydrogen-bond donors (Lipinski definition) is 1. The second kappa shape index (κ2) is 8.00. The molecule has 126 valence electrons. The maximum absolute atomic E-state index is 12.4. The summed E-state index contributed by atoms with van der Waals surface area (Å²) in [6.45, 7) is 2.01. The monoisotopic (exact) mass is 380 g/mol. The zero-order valence-corrected chi connectivity index (χ0v) is 15.5. The molecule has 6 nitrogen and oxygen atoms in total. The minimum Gasteiger partial charge on any atom is -0.302 e. The summed E-state index contributed by atoms with van der Waals surface area (Å²) in [7, 11) is 0. The molecule has 0 atom stereocenters. The highest BCUT2D eigenvalue weighted by molar-refractivity contribution is 8.01. The second-order valence-corrected chi connectivity index (χ2v) is 8.53. The topological polar surface area (TPSA) is 75.2 Å². The van der Waals surface area contributed by atoms with E-state index in [4.69, 9.17) is 0 Å². The number of aromatic nitrogens is 2. The Balaban J connectivity index is 1.71. The van der Waals surface area contributed by atoms with Gasteiger partial charge >= 0.3 is 0 Å². The predicted molar refractivity (Wildman–Crippen MR) is 99.1 cm³/mol. The molecule has 0 aliphatic carbocycles. The molecule has 0 fully saturated rings. The minimum atomic E-state index is -0.269. The first-order chi connectivity index (χ1) is 11.7. The van der Waals surface area contributed by atoms with Gasteiger partial charge in [-0.05, 0) is 17.9 Å². The van der Waals surface area contributed by atoms with Crippen LogP contribution in [0.1, 0.15) is 13.3 Å². The number of hydrogen-bond acceptors (Lipinski definition) is 7. The van der Waals surface area contributed by atoms with E-state index in [9.17, 15) is 9.59 Å². The minimum absolute atomic E-state index is 0.0216. The third-order valence-electron chi connectivity index (χ3n) is 3.25. The zero-order valence-electron chi connectivity index (χ0n) is 13.0. The quantitative estimate of drug-likeness (QED) is 0.634. The lowest BCUT2D eigenvalue weighted by Gasteiger charge is -2.21. The van der Waals surface area contributed by atoms with E-state index in [0.717, 1.165) is 26.4 Å². The molecule has 3 rings (SSSR count). The number of thioether (sulfide) groups is 2. The Kier molecular flexibility index (Phi) is 5.75. The van der Waals surface area contributed by atoms with Crippen LogP contribution < -0.4 is 10.2 Å². The van der Waals surface area contributed by atoms with Crippen LogP contribution in [0, 0.1) is 0 Å². The number of amides is 2. The molecule has 1 aliphatic heterocycles. The highest BCUT2D eigenvalue weighted by Crippen LogP contribution is 2.34. The second-order valence-electron chi connectivity index (χ2n) is 4.90. The number of nitrogens with one attached hydrogen (secondary N) is 1. The molecule has 2 amide bonds. The Hall–Kier alpha value is -1.58. The van der Waals surface area contributed by atoms with Crippen molar-refractivity contribution in [1.82, 2.24) is 10.2 Å². The molecule has 0 radical (unpaired) electrons. The van der Waals surface area contributed by atoms with Crippen molar-refractivity contribution in [3.63, 3.8) is 0 Å². The first kappa shape index (κ1) is 17.2. The molecular formula is C15H16N4O2S3. The summed E-state index contributed by atoms with van der Waals surface area (Å²) in [5.41, 5.74) is 0.791. The lowest BCUT2D eigenvalue weighted by Crippen LogP contribution is -2.37. The van der Waals surface area contributed by atoms with Gasteiger partial charge in [0.2, 0.25) is 16.9 Å². The molecule has 9 heteroatoms. The summed E-state index contributed by atoms with van der Waals surface area (Å²) in [6, 6.07) is 7.66. The van der Waals surface area contributed by atoms with Gasteiger partial charge in [-0.1, -0.05) is 42.2 Å². The molecule has 2 aromatic rings. The van der Waals surface area contributed by atoms with E-state index < -0.39 is 0 Å². The van der Waals surface area contributed by atoms with Crippen LogP contribution in [0.15, 0.2) is 33.5 Å². The maximum atomic E-state index is 12.4. The third kappa shape index (κ3) is 4.08. The number of nitrogens with zero attached hydrogens (tertiary/aromatic N) is 3. The molecule has 1 N–H and O–H groups in total. The normalized spacial score (nSPS) is 14.2. The molecule has 2 heterocycles. The van der Waals surface area contributed by atoms with Gasteiger partial charge in [0.25, 0.3) is 0 Å². The van der Waals surface area contributed by atoms with Crippen LogP contribution in [-0.2, 0) is 9.59 Å². The van der Waals surface area contributed by atoms with Crippen molar-refractivity contribution in [2.75, 3.05) is 28.3 Å². The van der Waals surface area contributed by atoms with Gasteiger partial charge in [-0.2, -0.15) is 0 Å². The fraction of sp³-hybridized carbons (Fsp3) is 0.333. The Labute approximate surface area is 152 Å². The molecule has 0 saturated carbocycles. The lowest BCUT2D eigenvalue weighted by atomic mass is 10.2. The fourth-order valence-corrected chi connectivity index (χ4v) is 4.90. The van der Waals surface area contributed by atoms with E-state index in [1.54, 1.807) is 28.4 Å². The Morgan fingerprint density at radius 1 is 1.38 bits per heavy atom. The summed E-state index contributed by atoms with van der Waals surface area (Å²) < 4.78 is 0.820. The summed E-state index contributed by atoms with van der Waals surface area (Å²) in [5.74, 6) is 1.32. The van der Waals surface area contributed by atoms with Crippen LogP contribution in [0.4, 0.5) is 10.8 Å². The SMILES string of the molecule is CCSc1nnc(NC(=O)CN2C(=O)CCSc3ccccc32)s1. The number of para-hydroxylation sites is 1. The first-order valence-electron chi connectivity index (χ1n) is 7.45. The first-order valence-corrected chi connectivity index (χ1v) is 10.2. The summed E-state index contributed by atoms with van der Waals surface area (Å²) in [4.78, 5) is 27.3. The summed E-state index contributed by atoms with van der Waals surface area (Å²) in [5, 5.41) is 11.2. The van der Waals surface area contributed by atoms with E-state index in [-0.39, 0.29) is 18.4 Å². The van der Waals surface area contributed by atoms with Crippen molar-refractivity contribution in [3.05, 3.63) is 24.3 Å². The standard InChI is InChI=1S/C15H16N4O2S3/c1-2-22-15-18-17-14(24-15)16-12(20)9-19-10-5-3-4-6-11(10)23-8-7-13(19)21/h3-6H,2,7-9H2,1H3,(H,16,17,20). The number of benzene rings is 1. The molecule has 1 aromatic carbocycles. The average molecular weight is 381 g/mol. The van der Waals surface area contributed by atoms with Gasteiger partial charge < -0.3 is 4.90 Å². The largest absolute Gasteiger partial charge is 0.302 e. The van der Waals surface area contributed by atoms with Crippen molar-refractivity contribution < 1.29 is 9.59 Å². The fourth-order valence-electron chi connectivity index (χ4n) is 2.24. The van der Waals surface area contributed by atoms with Crippen molar-refractivity contribution >= 4 is 57.5 Å². The van der Waals surface area contributed by atoms with Crippen molar-refractivity contribution in [2.45, 2.75) is 22.6 Å². The molecule has 1 aromatic heterocycles. The van der Waals surface area contributed by atoms with Gasteiger partial charge in [-0.3, -0.25) is 14.9 Å². The molecule has 0 bridgehead atoms. The number of anilines is 2. The van der Waals surface area contributed by atoms with Crippen molar-refractivity contribution in [2.24, 2.45) is 0 Å². The number of rotatable bonds is 5. The van der Waals surface area contributed by atoms with Crippen molar-refractivity contribution in [1.29, 1.82) is 0 Å². The molecular weight excluding hydrogens is 364 g/mol. The lowest BCUT2D eigenvalue weighted by molar-refractivity contribution is -0.121. The van der Waals surface area contributed by atoms with Gasteiger partial charge in [0.05, 0.1) is 5.69 Å². The van der Waals surface area contributed by atoms with Crippen LogP contribution in [0.3, 0.4) is 0 Å². The van der Waals surface area contributed by atoms with E-state index >= 15 is 0 Å². The van der Waals surface area contributed by atoms with Gasteiger partial charge in [-0.15, -0.1) is 22.0 Å². The van der Waals surface area contributed by atoms with Gasteiger partial charge in [0.1, 0.15) is 6.54 Å². The Morgan fingerprint density at radius 2 is 2.21 bits per heavy atom. The van der Waals surface area contributed by atoms with Crippen LogP contribution in [0.25, 0.3) is 0 Å². The number of carbonyl (C=O) groups excluding carboxylic acids is 2. The molecule has 1 aliphatic rings. The summed E-state index contributed by atoms with van der Waals surface area (Å²) in [6.07, 6.45) is 0.419. The Morgan fingerprint density at radius 3 is 3.04 bits per heavy atom. The van der Waals surface area contributed by atoms with Crippen LogP contribution in [0.2, 0.25) is 0 Å². The smallest absolute Gasteiger partial charge is 0.246 e. The highest BCUT2D eigenvalue weighted by atomic mass is 32.2. The molecule has 0 unspecified atom stereocenters. The van der Waals surface area contributed by atoms with Crippen LogP contribution in [-0.4, -0.2) is 40.1 Å². The van der Waals surface area contributed by atoms with Crippen molar-refractivity contribution in [3.8, 4) is 0 Å². The molecule has 0 spiro atoms. The van der Waals surface area contributed by atoms with Gasteiger partial charge in [-0.25, -0.2) is 0 Å². The van der Waals surface area contributed by atoms with Gasteiger partial charge in [0, 0.05) is 17.1 Å². The predicted octanol–water partition coefficient (Wildman–Crippen LogP) is 3.12. The maximum Gasteiger partial charge on any atom is 0.246 e. The molecule has 24 heavy (non-hydrogen) atoms. The zero-order chi connectivity index (χ0) is 16.9. The van der Waals surface area contributed by atoms with Crippen LogP contribution >= 0.6 is 34.9 Å². The molecule has 0 saturated heterocycles. The van der Waals surface area contributed by atoms with E-state index in [1.807, 2.05) is 31.2 Å². The van der Waals surface area contributed by atoms with E-state index in [2.05, 4.69) is 15.5 Å². The number of fused-ring (bicyclic) bond motifs is 1. The van der Waals surface area contributed by atoms with E-state index in [0.29, 0.717) is 11.6 Å². The highest BCUT2D eigenvalue weighted by Gasteiger charge is 2.24. The third-order valence-corrected chi connectivity index (χ3v) is 6.17. The summed E-state index contributed by atoms with van der Waals surface area (Å²) >= 11 is 4.56. The van der Waals surface area contributed by atoms with Crippen LogP contribution in [0.5, 0.6) is 0 Å². The Bertz CT molecular complexity index is 750. The van der Waals surface area contributed by atoms with E-state index in [1.165, 1.54) is 11.3 Å². The average Bonchev–Trinajstić information content (AvgIpc) is 2.94.